The Morgan fingerprint density at radius 3 is 2.41 bits per heavy atom. The molecule has 1 fully saturated rings. The average Bonchev–Trinajstić information content (AvgIpc) is 2.85. The molecule has 6 nitrogen and oxygen atoms in total. The van der Waals surface area contributed by atoms with E-state index in [4.69, 9.17) is 4.74 Å². The van der Waals surface area contributed by atoms with E-state index in [2.05, 4.69) is 22.5 Å². The largest absolute Gasteiger partial charge is 0.467 e. The highest BCUT2D eigenvalue weighted by Crippen LogP contribution is 2.14. The van der Waals surface area contributed by atoms with Gasteiger partial charge in [0, 0.05) is 24.4 Å². The SMILES string of the molecule is C/C(=C/C(NC(=O)CSCCNC(=O)c1ccccc1)Oc1ccccc1)CN1CCCCC1. The van der Waals surface area contributed by atoms with Gasteiger partial charge in [-0.25, -0.2) is 0 Å². The molecule has 1 heterocycles. The van der Waals surface area contributed by atoms with Crippen LogP contribution in [0.5, 0.6) is 5.75 Å². The molecule has 0 bridgehead atoms. The van der Waals surface area contributed by atoms with E-state index in [1.165, 1.54) is 36.6 Å². The van der Waals surface area contributed by atoms with E-state index in [0.29, 0.717) is 29.4 Å². The zero-order valence-corrected chi connectivity index (χ0v) is 20.7. The summed E-state index contributed by atoms with van der Waals surface area (Å²) in [6, 6.07) is 18.7. The summed E-state index contributed by atoms with van der Waals surface area (Å²) in [5.74, 6) is 1.47. The van der Waals surface area contributed by atoms with Crippen LogP contribution in [0.1, 0.15) is 36.5 Å². The van der Waals surface area contributed by atoms with Crippen molar-refractivity contribution in [3.8, 4) is 5.75 Å². The minimum atomic E-state index is -0.530. The van der Waals surface area contributed by atoms with Crippen molar-refractivity contribution in [1.82, 2.24) is 15.5 Å². The number of hydrogen-bond donors (Lipinski definition) is 2. The summed E-state index contributed by atoms with van der Waals surface area (Å²) in [5, 5.41) is 5.88. The molecule has 0 saturated carbocycles. The second-order valence-corrected chi connectivity index (χ2v) is 9.55. The van der Waals surface area contributed by atoms with Crippen molar-refractivity contribution in [3.63, 3.8) is 0 Å². The standard InChI is InChI=1S/C27H35N3O3S/c1-22(20-30-16-9-4-10-17-30)19-26(33-24-13-7-3-8-14-24)29-25(31)21-34-18-15-28-27(32)23-11-5-2-6-12-23/h2-3,5-8,11-14,19,26H,4,9-10,15-18,20-21H2,1H3,(H,28,32)(H,29,31)/b22-19-. The quantitative estimate of drug-likeness (QED) is 0.271. The molecule has 7 heteroatoms. The van der Waals surface area contributed by atoms with E-state index < -0.39 is 6.23 Å². The number of carbonyl (C=O) groups is 2. The van der Waals surface area contributed by atoms with Crippen LogP contribution in [0.2, 0.25) is 0 Å². The zero-order valence-electron chi connectivity index (χ0n) is 19.9. The van der Waals surface area contributed by atoms with Gasteiger partial charge in [0.2, 0.25) is 5.91 Å². The summed E-state index contributed by atoms with van der Waals surface area (Å²) >= 11 is 1.48. The number of likely N-dealkylation sites (tertiary alicyclic amines) is 1. The van der Waals surface area contributed by atoms with Gasteiger partial charge in [-0.05, 0) is 63.2 Å². The third-order valence-electron chi connectivity index (χ3n) is 5.47. The van der Waals surface area contributed by atoms with Crippen molar-refractivity contribution < 1.29 is 14.3 Å². The van der Waals surface area contributed by atoms with Crippen LogP contribution in [0.3, 0.4) is 0 Å². The predicted octanol–water partition coefficient (Wildman–Crippen LogP) is 4.10. The maximum atomic E-state index is 12.6. The number of rotatable bonds is 12. The average molecular weight is 482 g/mol. The summed E-state index contributed by atoms with van der Waals surface area (Å²) in [5.41, 5.74) is 1.82. The summed E-state index contributed by atoms with van der Waals surface area (Å²) in [7, 11) is 0. The number of thioether (sulfide) groups is 1. The Hall–Kier alpha value is -2.77. The molecule has 1 saturated heterocycles. The Morgan fingerprint density at radius 1 is 1.03 bits per heavy atom. The molecule has 1 aliphatic heterocycles. The predicted molar refractivity (Wildman–Crippen MR) is 139 cm³/mol. The van der Waals surface area contributed by atoms with E-state index >= 15 is 0 Å². The van der Waals surface area contributed by atoms with Crippen molar-refractivity contribution >= 4 is 23.6 Å². The summed E-state index contributed by atoms with van der Waals surface area (Å²) < 4.78 is 6.06. The molecule has 0 aromatic heterocycles. The molecule has 0 aliphatic carbocycles. The Kier molecular flexibility index (Phi) is 11.0. The molecule has 2 aromatic rings. The highest BCUT2D eigenvalue weighted by Gasteiger charge is 2.15. The number of ether oxygens (including phenoxy) is 1. The molecule has 3 rings (SSSR count). The minimum absolute atomic E-state index is 0.0951. The first-order valence-corrected chi connectivity index (χ1v) is 13.1. The second kappa shape index (κ2) is 14.5. The van der Waals surface area contributed by atoms with E-state index in [9.17, 15) is 9.59 Å². The van der Waals surface area contributed by atoms with Crippen molar-refractivity contribution in [2.45, 2.75) is 32.4 Å². The van der Waals surface area contributed by atoms with E-state index in [1.54, 1.807) is 12.1 Å². The normalized spacial score (nSPS) is 15.4. The summed E-state index contributed by atoms with van der Waals surface area (Å²) in [4.78, 5) is 27.1. The van der Waals surface area contributed by atoms with Crippen LogP contribution in [-0.2, 0) is 4.79 Å². The van der Waals surface area contributed by atoms with Crippen LogP contribution in [0.15, 0.2) is 72.3 Å². The number of nitrogens with one attached hydrogen (secondary N) is 2. The highest BCUT2D eigenvalue weighted by atomic mass is 32.2. The lowest BCUT2D eigenvalue weighted by atomic mass is 10.1. The number of benzene rings is 2. The maximum Gasteiger partial charge on any atom is 0.251 e. The molecule has 2 N–H and O–H groups in total. The molecule has 2 amide bonds. The van der Waals surface area contributed by atoms with Crippen molar-refractivity contribution in [2.24, 2.45) is 0 Å². The Labute approximate surface area is 207 Å². The molecule has 34 heavy (non-hydrogen) atoms. The molecule has 0 spiro atoms. The van der Waals surface area contributed by atoms with Crippen LogP contribution in [0.25, 0.3) is 0 Å². The third-order valence-corrected chi connectivity index (χ3v) is 6.43. The minimum Gasteiger partial charge on any atom is -0.467 e. The Bertz CT molecular complexity index is 915. The first kappa shape index (κ1) is 25.8. The number of piperidine rings is 1. The number of carbonyl (C=O) groups excluding carboxylic acids is 2. The second-order valence-electron chi connectivity index (χ2n) is 8.44. The first-order valence-electron chi connectivity index (χ1n) is 11.9. The van der Waals surface area contributed by atoms with Gasteiger partial charge in [0.1, 0.15) is 5.75 Å². The number of para-hydroxylation sites is 1. The lowest BCUT2D eigenvalue weighted by Crippen LogP contribution is -2.39. The van der Waals surface area contributed by atoms with Crippen molar-refractivity contribution in [2.75, 3.05) is 37.7 Å². The topological polar surface area (TPSA) is 70.7 Å². The summed E-state index contributed by atoms with van der Waals surface area (Å²) in [6.07, 6.45) is 5.28. The highest BCUT2D eigenvalue weighted by molar-refractivity contribution is 7.99. The maximum absolute atomic E-state index is 12.6. The summed E-state index contributed by atoms with van der Waals surface area (Å²) in [6.45, 7) is 5.73. The fourth-order valence-corrected chi connectivity index (χ4v) is 4.49. The Balaban J connectivity index is 1.45. The molecule has 1 atom stereocenters. The smallest absolute Gasteiger partial charge is 0.251 e. The molecule has 1 unspecified atom stereocenters. The lowest BCUT2D eigenvalue weighted by Gasteiger charge is -2.27. The van der Waals surface area contributed by atoms with Crippen LogP contribution in [-0.4, -0.2) is 60.6 Å². The number of nitrogens with zero attached hydrogens (tertiary/aromatic N) is 1. The molecule has 0 radical (unpaired) electrons. The fraction of sp³-hybridized carbons (Fsp3) is 0.407. The third kappa shape index (κ3) is 9.61. The van der Waals surface area contributed by atoms with Gasteiger partial charge in [0.15, 0.2) is 6.23 Å². The molecule has 2 aromatic carbocycles. The van der Waals surface area contributed by atoms with Gasteiger partial charge in [-0.15, -0.1) is 0 Å². The molecule has 1 aliphatic rings. The monoisotopic (exact) mass is 481 g/mol. The molecule has 182 valence electrons. The van der Waals surface area contributed by atoms with Gasteiger partial charge in [0.05, 0.1) is 5.75 Å². The first-order chi connectivity index (χ1) is 16.6. The van der Waals surface area contributed by atoms with Crippen LogP contribution < -0.4 is 15.4 Å². The van der Waals surface area contributed by atoms with Crippen molar-refractivity contribution in [1.29, 1.82) is 0 Å². The van der Waals surface area contributed by atoms with Gasteiger partial charge in [-0.1, -0.05) is 48.4 Å². The van der Waals surface area contributed by atoms with Crippen LogP contribution in [0.4, 0.5) is 0 Å². The fourth-order valence-electron chi connectivity index (χ4n) is 3.83. The van der Waals surface area contributed by atoms with Crippen LogP contribution in [0, 0.1) is 0 Å². The number of amides is 2. The zero-order chi connectivity index (χ0) is 24.0. The van der Waals surface area contributed by atoms with Crippen molar-refractivity contribution in [3.05, 3.63) is 77.9 Å². The van der Waals surface area contributed by atoms with E-state index in [1.807, 2.05) is 54.6 Å². The van der Waals surface area contributed by atoms with Gasteiger partial charge < -0.3 is 15.4 Å². The van der Waals surface area contributed by atoms with Gasteiger partial charge in [-0.2, -0.15) is 11.8 Å². The number of hydrogen-bond acceptors (Lipinski definition) is 5. The molecular weight excluding hydrogens is 446 g/mol. The Morgan fingerprint density at radius 2 is 1.71 bits per heavy atom. The molecular formula is C27H35N3O3S. The van der Waals surface area contributed by atoms with Gasteiger partial charge in [0.25, 0.3) is 5.91 Å². The lowest BCUT2D eigenvalue weighted by molar-refractivity contribution is -0.120. The van der Waals surface area contributed by atoms with E-state index in [-0.39, 0.29) is 11.8 Å². The van der Waals surface area contributed by atoms with Crippen LogP contribution >= 0.6 is 11.8 Å². The van der Waals surface area contributed by atoms with Gasteiger partial charge >= 0.3 is 0 Å². The van der Waals surface area contributed by atoms with E-state index in [0.717, 1.165) is 19.6 Å². The van der Waals surface area contributed by atoms with Gasteiger partial charge in [-0.3, -0.25) is 14.5 Å².